The van der Waals surface area contributed by atoms with Gasteiger partial charge < -0.3 is 10.6 Å². The minimum Gasteiger partial charge on any atom is -0.356 e. The number of amides is 1. The van der Waals surface area contributed by atoms with Crippen molar-refractivity contribution in [1.29, 1.82) is 0 Å². The van der Waals surface area contributed by atoms with E-state index < -0.39 is 9.84 Å². The van der Waals surface area contributed by atoms with Crippen LogP contribution in [0.5, 0.6) is 0 Å². The van der Waals surface area contributed by atoms with E-state index in [1.807, 2.05) is 0 Å². The van der Waals surface area contributed by atoms with Crippen molar-refractivity contribution in [2.24, 2.45) is 5.41 Å². The van der Waals surface area contributed by atoms with E-state index in [1.165, 1.54) is 6.26 Å². The van der Waals surface area contributed by atoms with Crippen molar-refractivity contribution < 1.29 is 13.2 Å². The summed E-state index contributed by atoms with van der Waals surface area (Å²) in [7, 11) is -2.94. The molecule has 6 heteroatoms. The van der Waals surface area contributed by atoms with Gasteiger partial charge in [0, 0.05) is 19.3 Å². The van der Waals surface area contributed by atoms with Crippen LogP contribution in [-0.4, -0.2) is 46.0 Å². The maximum Gasteiger partial charge on any atom is 0.227 e. The van der Waals surface area contributed by atoms with Crippen molar-refractivity contribution in [2.45, 2.75) is 39.0 Å². The molecule has 1 amide bonds. The Morgan fingerprint density at radius 3 is 2.68 bits per heavy atom. The molecule has 0 aromatic heterocycles. The fourth-order valence-electron chi connectivity index (χ4n) is 2.69. The van der Waals surface area contributed by atoms with Crippen LogP contribution in [-0.2, 0) is 14.6 Å². The summed E-state index contributed by atoms with van der Waals surface area (Å²) in [6.07, 6.45) is 5.53. The molecule has 19 heavy (non-hydrogen) atoms. The van der Waals surface area contributed by atoms with E-state index in [2.05, 4.69) is 17.6 Å². The van der Waals surface area contributed by atoms with Crippen LogP contribution in [0.2, 0.25) is 0 Å². The molecule has 5 nitrogen and oxygen atoms in total. The molecule has 1 aliphatic rings. The molecule has 0 aliphatic carbocycles. The molecular weight excluding hydrogens is 264 g/mol. The number of carbonyl (C=O) groups excluding carboxylic acids is 1. The lowest BCUT2D eigenvalue weighted by Gasteiger charge is -2.36. The van der Waals surface area contributed by atoms with Gasteiger partial charge in [0.15, 0.2) is 0 Å². The van der Waals surface area contributed by atoms with Crippen LogP contribution in [0, 0.1) is 5.41 Å². The summed E-state index contributed by atoms with van der Waals surface area (Å²) in [5.41, 5.74) is -0.294. The lowest BCUT2D eigenvalue weighted by molar-refractivity contribution is -0.132. The predicted octanol–water partition coefficient (Wildman–Crippen LogP) is 0.707. The van der Waals surface area contributed by atoms with Gasteiger partial charge in [-0.15, -0.1) is 0 Å². The molecule has 1 aliphatic heterocycles. The fraction of sp³-hybridized carbons (Fsp3) is 0.923. The molecule has 0 aromatic rings. The van der Waals surface area contributed by atoms with Crippen LogP contribution >= 0.6 is 0 Å². The van der Waals surface area contributed by atoms with E-state index >= 15 is 0 Å². The SMILES string of the molecule is CCCC1(C(=O)NCCCS(C)(=O)=O)CCCNC1. The molecule has 1 atom stereocenters. The number of hydrogen-bond donors (Lipinski definition) is 2. The summed E-state index contributed by atoms with van der Waals surface area (Å²) in [6, 6.07) is 0. The maximum absolute atomic E-state index is 12.3. The van der Waals surface area contributed by atoms with Gasteiger partial charge in [-0.05, 0) is 32.2 Å². The molecule has 0 saturated carbocycles. The number of hydrogen-bond acceptors (Lipinski definition) is 4. The average Bonchev–Trinajstić information content (AvgIpc) is 2.34. The zero-order valence-corrected chi connectivity index (χ0v) is 12.8. The predicted molar refractivity (Wildman–Crippen MR) is 76.8 cm³/mol. The molecule has 0 radical (unpaired) electrons. The van der Waals surface area contributed by atoms with E-state index in [-0.39, 0.29) is 17.1 Å². The maximum atomic E-state index is 12.3. The van der Waals surface area contributed by atoms with Gasteiger partial charge in [0.25, 0.3) is 0 Å². The zero-order valence-electron chi connectivity index (χ0n) is 12.0. The van der Waals surface area contributed by atoms with Crippen LogP contribution in [0.25, 0.3) is 0 Å². The van der Waals surface area contributed by atoms with Crippen LogP contribution in [0.3, 0.4) is 0 Å². The number of nitrogens with one attached hydrogen (secondary N) is 2. The minimum absolute atomic E-state index is 0.0788. The van der Waals surface area contributed by atoms with Crippen molar-refractivity contribution in [2.75, 3.05) is 31.6 Å². The number of sulfone groups is 1. The first-order valence-electron chi connectivity index (χ1n) is 7.06. The molecule has 0 spiro atoms. The second kappa shape index (κ2) is 7.24. The summed E-state index contributed by atoms with van der Waals surface area (Å²) in [4.78, 5) is 12.3. The van der Waals surface area contributed by atoms with Crippen LogP contribution in [0.4, 0.5) is 0 Å². The summed E-state index contributed by atoms with van der Waals surface area (Å²) in [6.45, 7) is 4.25. The highest BCUT2D eigenvalue weighted by atomic mass is 32.2. The Morgan fingerprint density at radius 1 is 1.42 bits per heavy atom. The Morgan fingerprint density at radius 2 is 2.16 bits per heavy atom. The van der Waals surface area contributed by atoms with Crippen LogP contribution < -0.4 is 10.6 Å². The topological polar surface area (TPSA) is 75.3 Å². The average molecular weight is 290 g/mol. The summed E-state index contributed by atoms with van der Waals surface area (Å²) in [5.74, 6) is 0.210. The van der Waals surface area contributed by atoms with Crippen LogP contribution in [0.1, 0.15) is 39.0 Å². The zero-order chi connectivity index (χ0) is 14.4. The Hall–Kier alpha value is -0.620. The van der Waals surface area contributed by atoms with Gasteiger partial charge in [-0.1, -0.05) is 13.3 Å². The van der Waals surface area contributed by atoms with Crippen molar-refractivity contribution in [3.05, 3.63) is 0 Å². The molecule has 1 saturated heterocycles. The van der Waals surface area contributed by atoms with E-state index in [1.54, 1.807) is 0 Å². The molecule has 1 heterocycles. The Bertz CT molecular complexity index is 381. The molecule has 112 valence electrons. The van der Waals surface area contributed by atoms with Gasteiger partial charge in [0.05, 0.1) is 11.2 Å². The highest BCUT2D eigenvalue weighted by Crippen LogP contribution is 2.31. The smallest absolute Gasteiger partial charge is 0.227 e. The second-order valence-corrected chi connectivity index (χ2v) is 7.81. The summed E-state index contributed by atoms with van der Waals surface area (Å²) < 4.78 is 22.0. The van der Waals surface area contributed by atoms with Crippen molar-refractivity contribution in [1.82, 2.24) is 10.6 Å². The standard InChI is InChI=1S/C13H26N2O3S/c1-3-6-13(7-4-8-14-11-13)12(16)15-9-5-10-19(2,17)18/h14H,3-11H2,1-2H3,(H,15,16). The molecule has 1 unspecified atom stereocenters. The molecule has 1 rings (SSSR count). The lowest BCUT2D eigenvalue weighted by Crippen LogP contribution is -2.50. The van der Waals surface area contributed by atoms with E-state index in [0.29, 0.717) is 13.0 Å². The van der Waals surface area contributed by atoms with Gasteiger partial charge in [0.1, 0.15) is 9.84 Å². The first kappa shape index (κ1) is 16.4. The molecule has 0 bridgehead atoms. The van der Waals surface area contributed by atoms with Crippen molar-refractivity contribution in [3.8, 4) is 0 Å². The van der Waals surface area contributed by atoms with Crippen LogP contribution in [0.15, 0.2) is 0 Å². The Kier molecular flexibility index (Phi) is 6.26. The molecular formula is C13H26N2O3S. The van der Waals surface area contributed by atoms with E-state index in [4.69, 9.17) is 0 Å². The fourth-order valence-corrected chi connectivity index (χ4v) is 3.36. The largest absolute Gasteiger partial charge is 0.356 e. The second-order valence-electron chi connectivity index (χ2n) is 5.55. The third-order valence-electron chi connectivity index (χ3n) is 3.66. The third-order valence-corrected chi connectivity index (χ3v) is 4.69. The Labute approximate surface area is 116 Å². The first-order valence-corrected chi connectivity index (χ1v) is 9.12. The van der Waals surface area contributed by atoms with Gasteiger partial charge in [-0.2, -0.15) is 0 Å². The minimum atomic E-state index is -2.94. The third kappa shape index (κ3) is 5.48. The van der Waals surface area contributed by atoms with Crippen molar-refractivity contribution in [3.63, 3.8) is 0 Å². The van der Waals surface area contributed by atoms with E-state index in [9.17, 15) is 13.2 Å². The van der Waals surface area contributed by atoms with E-state index in [0.717, 1.165) is 38.8 Å². The monoisotopic (exact) mass is 290 g/mol. The first-order chi connectivity index (χ1) is 8.90. The van der Waals surface area contributed by atoms with Crippen molar-refractivity contribution >= 4 is 15.7 Å². The van der Waals surface area contributed by atoms with Gasteiger partial charge in [-0.3, -0.25) is 4.79 Å². The molecule has 1 fully saturated rings. The lowest BCUT2D eigenvalue weighted by atomic mass is 9.76. The molecule has 2 N–H and O–H groups in total. The van der Waals surface area contributed by atoms with Gasteiger partial charge in [-0.25, -0.2) is 8.42 Å². The highest BCUT2D eigenvalue weighted by Gasteiger charge is 2.38. The summed E-state index contributed by atoms with van der Waals surface area (Å²) in [5, 5.41) is 6.21. The van der Waals surface area contributed by atoms with Gasteiger partial charge in [0.2, 0.25) is 5.91 Å². The normalized spacial score (nSPS) is 24.1. The molecule has 0 aromatic carbocycles. The Balaban J connectivity index is 2.44. The number of rotatable bonds is 7. The quantitative estimate of drug-likeness (QED) is 0.677. The number of carbonyl (C=O) groups is 1. The van der Waals surface area contributed by atoms with Gasteiger partial charge >= 0.3 is 0 Å². The number of piperidine rings is 1. The summed E-state index contributed by atoms with van der Waals surface area (Å²) >= 11 is 0. The highest BCUT2D eigenvalue weighted by molar-refractivity contribution is 7.90.